The summed E-state index contributed by atoms with van der Waals surface area (Å²) in [4.78, 5) is 14.6. The molecule has 2 saturated heterocycles. The van der Waals surface area contributed by atoms with Gasteiger partial charge in [-0.3, -0.25) is 9.48 Å². The summed E-state index contributed by atoms with van der Waals surface area (Å²) in [5.74, 6) is 0.792. The van der Waals surface area contributed by atoms with Gasteiger partial charge in [0, 0.05) is 32.4 Å². The van der Waals surface area contributed by atoms with Gasteiger partial charge in [0.25, 0.3) is 5.91 Å². The van der Waals surface area contributed by atoms with Crippen LogP contribution in [-0.2, 0) is 13.5 Å². The van der Waals surface area contributed by atoms with Crippen molar-refractivity contribution in [2.45, 2.75) is 32.2 Å². The maximum atomic E-state index is 12.6. The lowest BCUT2D eigenvalue weighted by atomic mass is 9.94. The molecular formula is C14H22N4O. The Balaban J connectivity index is 1.77. The Kier molecular flexibility index (Phi) is 3.31. The highest BCUT2D eigenvalue weighted by Gasteiger charge is 2.37. The Bertz CT molecular complexity index is 468. The molecule has 2 atom stereocenters. The van der Waals surface area contributed by atoms with Crippen LogP contribution in [0.15, 0.2) is 6.20 Å². The zero-order valence-electron chi connectivity index (χ0n) is 11.7. The van der Waals surface area contributed by atoms with Crippen LogP contribution in [0.4, 0.5) is 0 Å². The van der Waals surface area contributed by atoms with Crippen LogP contribution < -0.4 is 5.32 Å². The molecule has 19 heavy (non-hydrogen) atoms. The van der Waals surface area contributed by atoms with Gasteiger partial charge in [0.2, 0.25) is 0 Å². The van der Waals surface area contributed by atoms with Crippen molar-refractivity contribution in [1.82, 2.24) is 20.0 Å². The lowest BCUT2D eigenvalue weighted by Gasteiger charge is -2.24. The Morgan fingerprint density at radius 3 is 3.11 bits per heavy atom. The fraction of sp³-hybridized carbons (Fsp3) is 0.714. The molecule has 0 aliphatic carbocycles. The molecular weight excluding hydrogens is 240 g/mol. The number of nitrogens with zero attached hydrogens (tertiary/aromatic N) is 3. The number of nitrogens with one attached hydrogen (secondary N) is 1. The van der Waals surface area contributed by atoms with E-state index in [0.717, 1.165) is 37.3 Å². The Hall–Kier alpha value is -1.36. The van der Waals surface area contributed by atoms with E-state index in [1.165, 1.54) is 12.8 Å². The molecule has 2 aliphatic heterocycles. The maximum Gasteiger partial charge on any atom is 0.257 e. The Morgan fingerprint density at radius 1 is 1.53 bits per heavy atom. The fourth-order valence-corrected chi connectivity index (χ4v) is 3.36. The average molecular weight is 262 g/mol. The molecule has 5 heteroatoms. The molecule has 0 saturated carbocycles. The van der Waals surface area contributed by atoms with Crippen molar-refractivity contribution in [1.29, 1.82) is 0 Å². The summed E-state index contributed by atoms with van der Waals surface area (Å²) in [7, 11) is 1.88. The lowest BCUT2D eigenvalue weighted by molar-refractivity contribution is 0.0784. The minimum absolute atomic E-state index is 0.154. The highest BCUT2D eigenvalue weighted by atomic mass is 16.2. The monoisotopic (exact) mass is 262 g/mol. The molecule has 0 radical (unpaired) electrons. The summed E-state index contributed by atoms with van der Waals surface area (Å²) in [6.07, 6.45) is 5.14. The van der Waals surface area contributed by atoms with E-state index in [4.69, 9.17) is 0 Å². The van der Waals surface area contributed by atoms with Crippen LogP contribution in [-0.4, -0.2) is 46.3 Å². The quantitative estimate of drug-likeness (QED) is 0.858. The van der Waals surface area contributed by atoms with E-state index >= 15 is 0 Å². The molecule has 1 amide bonds. The molecule has 0 spiro atoms. The molecule has 5 nitrogen and oxygen atoms in total. The van der Waals surface area contributed by atoms with Crippen molar-refractivity contribution < 1.29 is 4.79 Å². The van der Waals surface area contributed by atoms with Crippen molar-refractivity contribution in [2.24, 2.45) is 13.0 Å². The van der Waals surface area contributed by atoms with Crippen molar-refractivity contribution in [3.63, 3.8) is 0 Å². The third-order valence-electron chi connectivity index (χ3n) is 4.36. The minimum atomic E-state index is 0.154. The number of amides is 1. The molecule has 3 rings (SSSR count). The summed E-state index contributed by atoms with van der Waals surface area (Å²) in [5.41, 5.74) is 1.69. The van der Waals surface area contributed by atoms with E-state index < -0.39 is 0 Å². The van der Waals surface area contributed by atoms with Gasteiger partial charge in [-0.2, -0.15) is 5.10 Å². The predicted molar refractivity (Wildman–Crippen MR) is 73.0 cm³/mol. The second kappa shape index (κ2) is 4.96. The number of fused-ring (bicyclic) bond motifs is 1. The molecule has 0 aromatic carbocycles. The number of likely N-dealkylation sites (tertiary alicyclic amines) is 1. The molecule has 1 aromatic rings. The second-order valence-corrected chi connectivity index (χ2v) is 5.69. The summed E-state index contributed by atoms with van der Waals surface area (Å²) in [5, 5.41) is 7.90. The first-order valence-electron chi connectivity index (χ1n) is 7.24. The number of carbonyl (C=O) groups is 1. The summed E-state index contributed by atoms with van der Waals surface area (Å²) < 4.78 is 1.74. The molecule has 104 valence electrons. The van der Waals surface area contributed by atoms with E-state index in [9.17, 15) is 4.79 Å². The molecule has 2 aliphatic rings. The zero-order chi connectivity index (χ0) is 13.4. The smallest absolute Gasteiger partial charge is 0.257 e. The minimum Gasteiger partial charge on any atom is -0.337 e. The lowest BCUT2D eigenvalue weighted by Crippen LogP contribution is -2.41. The van der Waals surface area contributed by atoms with E-state index in [2.05, 4.69) is 10.4 Å². The van der Waals surface area contributed by atoms with Crippen LogP contribution in [0.2, 0.25) is 0 Å². The Morgan fingerprint density at radius 2 is 2.37 bits per heavy atom. The van der Waals surface area contributed by atoms with Crippen molar-refractivity contribution in [3.8, 4) is 0 Å². The SMILES string of the molecule is CCc1nn(C)cc1C(=O)N1C[C@@H]2CCCN[C@@H]2C1. The number of piperidine rings is 1. The zero-order valence-corrected chi connectivity index (χ0v) is 11.7. The van der Waals surface area contributed by atoms with Crippen molar-refractivity contribution in [2.75, 3.05) is 19.6 Å². The van der Waals surface area contributed by atoms with Crippen LogP contribution in [0, 0.1) is 5.92 Å². The van der Waals surface area contributed by atoms with Crippen LogP contribution in [0.25, 0.3) is 0 Å². The van der Waals surface area contributed by atoms with Gasteiger partial charge in [-0.25, -0.2) is 0 Å². The van der Waals surface area contributed by atoms with E-state index in [0.29, 0.717) is 12.0 Å². The third-order valence-corrected chi connectivity index (χ3v) is 4.36. The largest absolute Gasteiger partial charge is 0.337 e. The first-order valence-corrected chi connectivity index (χ1v) is 7.24. The standard InChI is InChI=1S/C14H22N4O/c1-3-12-11(8-17(2)16-12)14(19)18-7-10-5-4-6-15-13(10)9-18/h8,10,13,15H,3-7,9H2,1-2H3/t10-,13+/m0/s1. The fourth-order valence-electron chi connectivity index (χ4n) is 3.36. The molecule has 2 fully saturated rings. The normalized spacial score (nSPS) is 26.5. The highest BCUT2D eigenvalue weighted by Crippen LogP contribution is 2.26. The van der Waals surface area contributed by atoms with Crippen molar-refractivity contribution >= 4 is 5.91 Å². The highest BCUT2D eigenvalue weighted by molar-refractivity contribution is 5.95. The summed E-state index contributed by atoms with van der Waals surface area (Å²) in [6, 6.07) is 0.499. The van der Waals surface area contributed by atoms with Crippen LogP contribution >= 0.6 is 0 Å². The van der Waals surface area contributed by atoms with Gasteiger partial charge >= 0.3 is 0 Å². The maximum absolute atomic E-state index is 12.6. The molecule has 0 unspecified atom stereocenters. The van der Waals surface area contributed by atoms with Crippen molar-refractivity contribution in [3.05, 3.63) is 17.5 Å². The average Bonchev–Trinajstić information content (AvgIpc) is 3.00. The number of rotatable bonds is 2. The van der Waals surface area contributed by atoms with Gasteiger partial charge in [-0.1, -0.05) is 6.92 Å². The van der Waals surface area contributed by atoms with Gasteiger partial charge in [-0.15, -0.1) is 0 Å². The first kappa shape index (κ1) is 12.7. The summed E-state index contributed by atoms with van der Waals surface area (Å²) in [6.45, 7) is 4.89. The number of aromatic nitrogens is 2. The number of hydrogen-bond donors (Lipinski definition) is 1. The van der Waals surface area contributed by atoms with E-state index in [-0.39, 0.29) is 5.91 Å². The molecule has 1 N–H and O–H groups in total. The summed E-state index contributed by atoms with van der Waals surface area (Å²) >= 11 is 0. The van der Waals surface area contributed by atoms with Gasteiger partial charge in [0.15, 0.2) is 0 Å². The van der Waals surface area contributed by atoms with Gasteiger partial charge in [0.1, 0.15) is 0 Å². The van der Waals surface area contributed by atoms with Crippen LogP contribution in [0.1, 0.15) is 35.8 Å². The predicted octanol–water partition coefficient (Wildman–Crippen LogP) is 0.806. The number of carbonyl (C=O) groups excluding carboxylic acids is 1. The molecule has 1 aromatic heterocycles. The molecule has 0 bridgehead atoms. The first-order chi connectivity index (χ1) is 9.19. The Labute approximate surface area is 114 Å². The number of aryl methyl sites for hydroxylation is 2. The van der Waals surface area contributed by atoms with Crippen LogP contribution in [0.3, 0.4) is 0 Å². The number of hydrogen-bond acceptors (Lipinski definition) is 3. The van der Waals surface area contributed by atoms with Crippen LogP contribution in [0.5, 0.6) is 0 Å². The van der Waals surface area contributed by atoms with Gasteiger partial charge < -0.3 is 10.2 Å². The third kappa shape index (κ3) is 2.27. The van der Waals surface area contributed by atoms with E-state index in [1.54, 1.807) is 4.68 Å². The van der Waals surface area contributed by atoms with Gasteiger partial charge in [0.05, 0.1) is 11.3 Å². The van der Waals surface area contributed by atoms with Gasteiger partial charge in [-0.05, 0) is 31.7 Å². The van der Waals surface area contributed by atoms with E-state index in [1.807, 2.05) is 25.1 Å². The molecule has 3 heterocycles. The second-order valence-electron chi connectivity index (χ2n) is 5.69. The topological polar surface area (TPSA) is 50.2 Å².